The Bertz CT molecular complexity index is 138. The first-order valence-electron chi connectivity index (χ1n) is 4.31. The van der Waals surface area contributed by atoms with Crippen molar-refractivity contribution >= 4 is 11.8 Å². The average molecular weight is 173 g/mol. The number of thioether (sulfide) groups is 1. The summed E-state index contributed by atoms with van der Waals surface area (Å²) in [5.74, 6) is 2.59. The first-order valence-corrected chi connectivity index (χ1v) is 5.47. The lowest BCUT2D eigenvalue weighted by Crippen LogP contribution is -2.48. The van der Waals surface area contributed by atoms with Crippen molar-refractivity contribution < 1.29 is 4.74 Å². The zero-order valence-corrected chi connectivity index (χ0v) is 7.69. The minimum atomic E-state index is 0.431. The van der Waals surface area contributed by atoms with Gasteiger partial charge in [-0.15, -0.1) is 0 Å². The molecule has 0 spiro atoms. The molecule has 2 rings (SSSR count). The SMILES string of the molecule is C[C@H]1OCC[C@H]1NC1CSC1. The van der Waals surface area contributed by atoms with Crippen LogP contribution in [0.1, 0.15) is 13.3 Å². The summed E-state index contributed by atoms with van der Waals surface area (Å²) in [6, 6.07) is 1.40. The van der Waals surface area contributed by atoms with Crippen LogP contribution in [0.25, 0.3) is 0 Å². The Balaban J connectivity index is 1.75. The van der Waals surface area contributed by atoms with Gasteiger partial charge in [0.2, 0.25) is 0 Å². The molecule has 2 heterocycles. The third kappa shape index (κ3) is 1.71. The van der Waals surface area contributed by atoms with Gasteiger partial charge in [0, 0.05) is 30.2 Å². The monoisotopic (exact) mass is 173 g/mol. The van der Waals surface area contributed by atoms with Crippen molar-refractivity contribution in [1.82, 2.24) is 5.32 Å². The molecule has 0 unspecified atom stereocenters. The van der Waals surface area contributed by atoms with Crippen LogP contribution in [0, 0.1) is 0 Å². The predicted octanol–water partition coefficient (Wildman–Crippen LogP) is 0.869. The lowest BCUT2D eigenvalue weighted by molar-refractivity contribution is 0.111. The third-order valence-electron chi connectivity index (χ3n) is 2.46. The summed E-state index contributed by atoms with van der Waals surface area (Å²) < 4.78 is 5.47. The summed E-state index contributed by atoms with van der Waals surface area (Å²) in [6.07, 6.45) is 1.63. The highest BCUT2D eigenvalue weighted by atomic mass is 32.2. The Morgan fingerprint density at radius 2 is 2.27 bits per heavy atom. The molecule has 0 bridgehead atoms. The molecule has 0 aromatic rings. The van der Waals surface area contributed by atoms with Crippen LogP contribution in [0.2, 0.25) is 0 Å². The summed E-state index contributed by atoms with van der Waals surface area (Å²) >= 11 is 2.03. The number of hydrogen-bond donors (Lipinski definition) is 1. The minimum Gasteiger partial charge on any atom is -0.377 e. The van der Waals surface area contributed by atoms with Crippen molar-refractivity contribution in [3.63, 3.8) is 0 Å². The lowest BCUT2D eigenvalue weighted by atomic mass is 10.1. The molecule has 3 heteroatoms. The van der Waals surface area contributed by atoms with Gasteiger partial charge in [-0.3, -0.25) is 0 Å². The van der Waals surface area contributed by atoms with E-state index in [0.717, 1.165) is 12.6 Å². The lowest BCUT2D eigenvalue weighted by Gasteiger charge is -2.30. The molecule has 1 N–H and O–H groups in total. The maximum atomic E-state index is 5.47. The van der Waals surface area contributed by atoms with Gasteiger partial charge in [-0.05, 0) is 13.3 Å². The Morgan fingerprint density at radius 3 is 2.73 bits per heavy atom. The first-order chi connectivity index (χ1) is 5.36. The molecule has 64 valence electrons. The smallest absolute Gasteiger partial charge is 0.0700 e. The van der Waals surface area contributed by atoms with Crippen LogP contribution in [0.3, 0.4) is 0 Å². The Hall–Kier alpha value is 0.270. The van der Waals surface area contributed by atoms with Gasteiger partial charge in [-0.25, -0.2) is 0 Å². The number of nitrogens with one attached hydrogen (secondary N) is 1. The zero-order valence-electron chi connectivity index (χ0n) is 6.88. The molecule has 2 aliphatic heterocycles. The normalized spacial score (nSPS) is 39.0. The van der Waals surface area contributed by atoms with E-state index in [9.17, 15) is 0 Å². The number of ether oxygens (including phenoxy) is 1. The zero-order chi connectivity index (χ0) is 7.68. The molecular weight excluding hydrogens is 158 g/mol. The highest BCUT2D eigenvalue weighted by Gasteiger charge is 2.28. The van der Waals surface area contributed by atoms with Gasteiger partial charge in [0.05, 0.1) is 6.10 Å². The van der Waals surface area contributed by atoms with Crippen LogP contribution in [0.4, 0.5) is 0 Å². The van der Waals surface area contributed by atoms with Crippen LogP contribution in [-0.4, -0.2) is 36.3 Å². The topological polar surface area (TPSA) is 21.3 Å². The molecule has 0 radical (unpaired) electrons. The third-order valence-corrected chi connectivity index (χ3v) is 3.74. The van der Waals surface area contributed by atoms with Crippen LogP contribution in [-0.2, 0) is 4.74 Å². The molecular formula is C8H15NOS. The average Bonchev–Trinajstić information content (AvgIpc) is 2.27. The van der Waals surface area contributed by atoms with E-state index in [4.69, 9.17) is 4.74 Å². The summed E-state index contributed by atoms with van der Waals surface area (Å²) in [4.78, 5) is 0. The molecule has 2 atom stereocenters. The van der Waals surface area contributed by atoms with Gasteiger partial charge in [-0.2, -0.15) is 11.8 Å². The van der Waals surface area contributed by atoms with Crippen LogP contribution >= 0.6 is 11.8 Å². The van der Waals surface area contributed by atoms with E-state index >= 15 is 0 Å². The van der Waals surface area contributed by atoms with E-state index in [0.29, 0.717) is 12.1 Å². The molecule has 0 amide bonds. The van der Waals surface area contributed by atoms with Gasteiger partial charge in [0.15, 0.2) is 0 Å². The summed E-state index contributed by atoms with van der Waals surface area (Å²) in [5.41, 5.74) is 0. The molecule has 2 aliphatic rings. The second-order valence-corrected chi connectivity index (χ2v) is 4.45. The standard InChI is InChI=1S/C8H15NOS/c1-6-8(2-3-10-6)9-7-4-11-5-7/h6-9H,2-5H2,1H3/t6-,8-/m1/s1. The molecule has 0 aliphatic carbocycles. The van der Waals surface area contributed by atoms with Crippen LogP contribution in [0.15, 0.2) is 0 Å². The van der Waals surface area contributed by atoms with Crippen molar-refractivity contribution in [2.24, 2.45) is 0 Å². The Morgan fingerprint density at radius 1 is 1.45 bits per heavy atom. The highest BCUT2D eigenvalue weighted by molar-refractivity contribution is 8.00. The van der Waals surface area contributed by atoms with Gasteiger partial charge < -0.3 is 10.1 Å². The van der Waals surface area contributed by atoms with Gasteiger partial charge in [-0.1, -0.05) is 0 Å². The molecule has 0 aromatic carbocycles. The fourth-order valence-electron chi connectivity index (χ4n) is 1.59. The largest absolute Gasteiger partial charge is 0.377 e. The molecule has 2 saturated heterocycles. The summed E-state index contributed by atoms with van der Waals surface area (Å²) in [6.45, 7) is 3.11. The van der Waals surface area contributed by atoms with Crippen molar-refractivity contribution in [2.75, 3.05) is 18.1 Å². The number of rotatable bonds is 2. The fourth-order valence-corrected chi connectivity index (χ4v) is 2.25. The Kier molecular flexibility index (Phi) is 2.39. The molecule has 2 nitrogen and oxygen atoms in total. The van der Waals surface area contributed by atoms with Crippen molar-refractivity contribution in [3.05, 3.63) is 0 Å². The minimum absolute atomic E-state index is 0.431. The summed E-state index contributed by atoms with van der Waals surface area (Å²) in [7, 11) is 0. The maximum absolute atomic E-state index is 5.47. The van der Waals surface area contributed by atoms with Gasteiger partial charge >= 0.3 is 0 Å². The predicted molar refractivity (Wildman–Crippen MR) is 48.1 cm³/mol. The molecule has 2 fully saturated rings. The second-order valence-electron chi connectivity index (χ2n) is 3.37. The second kappa shape index (κ2) is 3.33. The van der Waals surface area contributed by atoms with Crippen molar-refractivity contribution in [1.29, 1.82) is 0 Å². The van der Waals surface area contributed by atoms with E-state index in [1.807, 2.05) is 11.8 Å². The van der Waals surface area contributed by atoms with Gasteiger partial charge in [0.1, 0.15) is 0 Å². The van der Waals surface area contributed by atoms with Crippen molar-refractivity contribution in [3.8, 4) is 0 Å². The van der Waals surface area contributed by atoms with Gasteiger partial charge in [0.25, 0.3) is 0 Å². The van der Waals surface area contributed by atoms with E-state index in [-0.39, 0.29) is 0 Å². The molecule has 0 saturated carbocycles. The van der Waals surface area contributed by atoms with E-state index in [1.165, 1.54) is 17.9 Å². The molecule has 0 aromatic heterocycles. The molecule has 11 heavy (non-hydrogen) atoms. The van der Waals surface area contributed by atoms with Crippen molar-refractivity contribution in [2.45, 2.75) is 31.5 Å². The quantitative estimate of drug-likeness (QED) is 0.669. The fraction of sp³-hybridized carbons (Fsp3) is 1.00. The highest BCUT2D eigenvalue weighted by Crippen LogP contribution is 2.21. The maximum Gasteiger partial charge on any atom is 0.0700 e. The first kappa shape index (κ1) is 7.90. The van der Waals surface area contributed by atoms with Crippen LogP contribution < -0.4 is 5.32 Å². The number of hydrogen-bond acceptors (Lipinski definition) is 3. The Labute approximate surface area is 72.1 Å². The van der Waals surface area contributed by atoms with E-state index in [2.05, 4.69) is 12.2 Å². The summed E-state index contributed by atoms with van der Waals surface area (Å²) in [5, 5.41) is 3.62. The van der Waals surface area contributed by atoms with Crippen LogP contribution in [0.5, 0.6) is 0 Å². The van der Waals surface area contributed by atoms with E-state index in [1.54, 1.807) is 0 Å². The van der Waals surface area contributed by atoms with E-state index < -0.39 is 0 Å².